The Morgan fingerprint density at radius 1 is 1.33 bits per heavy atom. The molecule has 0 spiro atoms. The van der Waals surface area contributed by atoms with E-state index >= 15 is 0 Å². The van der Waals surface area contributed by atoms with Crippen LogP contribution in [0.4, 0.5) is 4.39 Å². The Morgan fingerprint density at radius 3 is 2.78 bits per heavy atom. The van der Waals surface area contributed by atoms with Crippen molar-refractivity contribution in [3.05, 3.63) is 57.5 Å². The van der Waals surface area contributed by atoms with Gasteiger partial charge in [0.05, 0.1) is 6.54 Å². The van der Waals surface area contributed by atoms with E-state index in [1.165, 1.54) is 10.6 Å². The summed E-state index contributed by atoms with van der Waals surface area (Å²) in [5.74, 6) is -0.381. The number of hydrogen-bond acceptors (Lipinski definition) is 1. The highest BCUT2D eigenvalue weighted by atomic mass is 35.5. The molecule has 1 aromatic carbocycles. The van der Waals surface area contributed by atoms with E-state index in [0.717, 1.165) is 12.8 Å². The number of nitrogens with zero attached hydrogens (tertiary/aromatic N) is 2. The van der Waals surface area contributed by atoms with E-state index in [0.29, 0.717) is 16.6 Å². The second-order valence-corrected chi connectivity index (χ2v) is 5.02. The van der Waals surface area contributed by atoms with Crippen LogP contribution in [0.1, 0.15) is 24.4 Å². The molecule has 0 unspecified atom stereocenters. The highest BCUT2D eigenvalue weighted by Gasteiger charge is 2.25. The van der Waals surface area contributed by atoms with Crippen molar-refractivity contribution >= 4 is 11.6 Å². The molecule has 0 aliphatic heterocycles. The predicted molar refractivity (Wildman–Crippen MR) is 67.5 cm³/mol. The van der Waals surface area contributed by atoms with Gasteiger partial charge >= 0.3 is 5.69 Å². The number of hydrogen-bond donors (Lipinski definition) is 0. The smallest absolute Gasteiger partial charge is 0.296 e. The minimum atomic E-state index is -0.381. The lowest BCUT2D eigenvalue weighted by Crippen LogP contribution is -2.24. The van der Waals surface area contributed by atoms with Crippen LogP contribution >= 0.6 is 11.6 Å². The van der Waals surface area contributed by atoms with E-state index in [4.69, 9.17) is 11.6 Å². The van der Waals surface area contributed by atoms with Crippen LogP contribution in [0.25, 0.3) is 0 Å². The molecule has 3 rings (SSSR count). The lowest BCUT2D eigenvalue weighted by Gasteiger charge is -2.04. The van der Waals surface area contributed by atoms with Crippen molar-refractivity contribution in [3.63, 3.8) is 0 Å². The average Bonchev–Trinajstić information content (AvgIpc) is 3.10. The van der Waals surface area contributed by atoms with Crippen molar-refractivity contribution in [2.75, 3.05) is 0 Å². The van der Waals surface area contributed by atoms with Crippen LogP contribution in [-0.2, 0) is 6.54 Å². The van der Waals surface area contributed by atoms with Gasteiger partial charge in [0.1, 0.15) is 5.82 Å². The van der Waals surface area contributed by atoms with Gasteiger partial charge in [-0.15, -0.1) is 0 Å². The molecule has 0 bridgehead atoms. The maximum atomic E-state index is 13.6. The molecule has 1 aliphatic carbocycles. The number of halogens is 2. The summed E-state index contributed by atoms with van der Waals surface area (Å²) in [6.07, 6.45) is 5.58. The Morgan fingerprint density at radius 2 is 2.11 bits per heavy atom. The van der Waals surface area contributed by atoms with Crippen molar-refractivity contribution in [1.82, 2.24) is 9.13 Å². The third-order valence-corrected chi connectivity index (χ3v) is 3.40. The maximum Gasteiger partial charge on any atom is 0.328 e. The van der Waals surface area contributed by atoms with Crippen LogP contribution in [0.15, 0.2) is 35.4 Å². The molecule has 18 heavy (non-hydrogen) atoms. The fourth-order valence-electron chi connectivity index (χ4n) is 2.01. The second kappa shape index (κ2) is 4.28. The summed E-state index contributed by atoms with van der Waals surface area (Å²) in [6, 6.07) is 4.84. The first-order chi connectivity index (χ1) is 8.65. The van der Waals surface area contributed by atoms with E-state index < -0.39 is 0 Å². The van der Waals surface area contributed by atoms with Gasteiger partial charge in [-0.25, -0.2) is 9.18 Å². The number of benzene rings is 1. The first-order valence-electron chi connectivity index (χ1n) is 5.86. The topological polar surface area (TPSA) is 26.9 Å². The van der Waals surface area contributed by atoms with Gasteiger partial charge in [0, 0.05) is 29.0 Å². The van der Waals surface area contributed by atoms with E-state index in [-0.39, 0.29) is 18.1 Å². The summed E-state index contributed by atoms with van der Waals surface area (Å²) in [4.78, 5) is 12.0. The Balaban J connectivity index is 1.90. The number of imidazole rings is 1. The van der Waals surface area contributed by atoms with Crippen molar-refractivity contribution in [2.45, 2.75) is 25.4 Å². The van der Waals surface area contributed by atoms with E-state index in [1.54, 1.807) is 29.1 Å². The molecule has 1 fully saturated rings. The summed E-state index contributed by atoms with van der Waals surface area (Å²) in [5.41, 5.74) is 0.391. The van der Waals surface area contributed by atoms with Crippen LogP contribution in [0.5, 0.6) is 0 Å². The van der Waals surface area contributed by atoms with Gasteiger partial charge < -0.3 is 0 Å². The first kappa shape index (κ1) is 11.5. The normalized spacial score (nSPS) is 15.0. The Kier molecular flexibility index (Phi) is 2.74. The largest absolute Gasteiger partial charge is 0.328 e. The second-order valence-electron chi connectivity index (χ2n) is 4.58. The van der Waals surface area contributed by atoms with Crippen LogP contribution in [0, 0.1) is 5.82 Å². The molecule has 5 heteroatoms. The van der Waals surface area contributed by atoms with Crippen LogP contribution in [0.3, 0.4) is 0 Å². The molecule has 2 aromatic rings. The summed E-state index contributed by atoms with van der Waals surface area (Å²) >= 11 is 5.69. The van der Waals surface area contributed by atoms with Gasteiger partial charge in [-0.1, -0.05) is 17.7 Å². The molecule has 1 aliphatic rings. The van der Waals surface area contributed by atoms with Crippen molar-refractivity contribution in [2.24, 2.45) is 0 Å². The van der Waals surface area contributed by atoms with Crippen molar-refractivity contribution < 1.29 is 4.39 Å². The maximum absolute atomic E-state index is 13.6. The monoisotopic (exact) mass is 266 g/mol. The zero-order valence-corrected chi connectivity index (χ0v) is 10.4. The zero-order valence-electron chi connectivity index (χ0n) is 9.64. The van der Waals surface area contributed by atoms with E-state index in [2.05, 4.69) is 0 Å². The quantitative estimate of drug-likeness (QED) is 0.839. The number of aromatic nitrogens is 2. The SMILES string of the molecule is O=c1n(Cc2ccc(Cl)cc2F)ccn1C1CC1. The minimum Gasteiger partial charge on any atom is -0.296 e. The molecule has 1 saturated carbocycles. The Bertz CT molecular complexity index is 643. The van der Waals surface area contributed by atoms with Crippen LogP contribution in [0.2, 0.25) is 5.02 Å². The Hall–Kier alpha value is -1.55. The highest BCUT2D eigenvalue weighted by Crippen LogP contribution is 2.33. The van der Waals surface area contributed by atoms with E-state index in [9.17, 15) is 9.18 Å². The fourth-order valence-corrected chi connectivity index (χ4v) is 2.17. The molecule has 0 amide bonds. The lowest BCUT2D eigenvalue weighted by atomic mass is 10.2. The third-order valence-electron chi connectivity index (χ3n) is 3.17. The molecular weight excluding hydrogens is 255 g/mol. The number of rotatable bonds is 3. The van der Waals surface area contributed by atoms with Gasteiger partial charge in [0.25, 0.3) is 0 Å². The minimum absolute atomic E-state index is 0.0770. The van der Waals surface area contributed by atoms with Crippen molar-refractivity contribution in [3.8, 4) is 0 Å². The molecule has 0 atom stereocenters. The van der Waals surface area contributed by atoms with Crippen molar-refractivity contribution in [1.29, 1.82) is 0 Å². The molecule has 94 valence electrons. The molecule has 1 aromatic heterocycles. The van der Waals surface area contributed by atoms with E-state index in [1.807, 2.05) is 0 Å². The first-order valence-corrected chi connectivity index (χ1v) is 6.24. The molecule has 0 radical (unpaired) electrons. The molecule has 3 nitrogen and oxygen atoms in total. The predicted octanol–water partition coefficient (Wildman–Crippen LogP) is 2.83. The fraction of sp³-hybridized carbons (Fsp3) is 0.308. The van der Waals surface area contributed by atoms with Gasteiger partial charge in [0.15, 0.2) is 0 Å². The molecular formula is C13H12ClFN2O. The average molecular weight is 267 g/mol. The van der Waals surface area contributed by atoms with Gasteiger partial charge in [-0.05, 0) is 25.0 Å². The summed E-state index contributed by atoms with van der Waals surface area (Å²) in [7, 11) is 0. The third kappa shape index (κ3) is 2.08. The van der Waals surface area contributed by atoms with Crippen LogP contribution in [-0.4, -0.2) is 9.13 Å². The van der Waals surface area contributed by atoms with Gasteiger partial charge in [0.2, 0.25) is 0 Å². The lowest BCUT2D eigenvalue weighted by molar-refractivity contribution is 0.589. The van der Waals surface area contributed by atoms with Gasteiger partial charge in [-0.3, -0.25) is 9.13 Å². The van der Waals surface area contributed by atoms with Gasteiger partial charge in [-0.2, -0.15) is 0 Å². The molecule has 0 N–H and O–H groups in total. The summed E-state index contributed by atoms with van der Waals surface area (Å²) in [6.45, 7) is 0.238. The summed E-state index contributed by atoms with van der Waals surface area (Å²) < 4.78 is 16.9. The Labute approximate surface area is 108 Å². The molecule has 1 heterocycles. The highest BCUT2D eigenvalue weighted by molar-refractivity contribution is 6.30. The zero-order chi connectivity index (χ0) is 12.7. The molecule has 0 saturated heterocycles. The standard InChI is InChI=1S/C13H12ClFN2O/c14-10-2-1-9(12(15)7-10)8-16-5-6-17(13(16)18)11-3-4-11/h1-2,5-7,11H,3-4,8H2. The van der Waals surface area contributed by atoms with Crippen LogP contribution < -0.4 is 5.69 Å². The summed E-state index contributed by atoms with van der Waals surface area (Å²) in [5, 5.41) is 0.360.